The summed E-state index contributed by atoms with van der Waals surface area (Å²) in [5, 5.41) is 12.1. The van der Waals surface area contributed by atoms with Crippen LogP contribution in [0.2, 0.25) is 0 Å². The summed E-state index contributed by atoms with van der Waals surface area (Å²) in [6.07, 6.45) is 2.95. The summed E-state index contributed by atoms with van der Waals surface area (Å²) < 4.78 is 16.8. The number of thioether (sulfide) groups is 1. The van der Waals surface area contributed by atoms with E-state index in [1.165, 1.54) is 39.4 Å². The van der Waals surface area contributed by atoms with Crippen LogP contribution in [-0.2, 0) is 11.3 Å². The molecule has 0 bridgehead atoms. The first-order chi connectivity index (χ1) is 13.0. The van der Waals surface area contributed by atoms with Crippen molar-refractivity contribution in [1.82, 2.24) is 9.55 Å². The zero-order valence-electron chi connectivity index (χ0n) is 15.2. The number of hydrogen-bond donors (Lipinski definition) is 1. The van der Waals surface area contributed by atoms with Gasteiger partial charge in [0.25, 0.3) is 5.56 Å². The van der Waals surface area contributed by atoms with Gasteiger partial charge < -0.3 is 19.5 Å². The molecule has 0 saturated carbocycles. The molecule has 0 saturated heterocycles. The van der Waals surface area contributed by atoms with Crippen molar-refractivity contribution in [3.63, 3.8) is 0 Å². The Kier molecular flexibility index (Phi) is 6.67. The predicted molar refractivity (Wildman–Crippen MR) is 99.7 cm³/mol. The smallest absolute Gasteiger partial charge is 0.272 e. The highest BCUT2D eigenvalue weighted by Crippen LogP contribution is 2.39. The summed E-state index contributed by atoms with van der Waals surface area (Å²) in [4.78, 5) is 28.7. The van der Waals surface area contributed by atoms with E-state index in [9.17, 15) is 9.59 Å². The van der Waals surface area contributed by atoms with Gasteiger partial charge in [0.05, 0.1) is 27.7 Å². The van der Waals surface area contributed by atoms with Crippen LogP contribution in [-0.4, -0.2) is 43.0 Å². The first-order valence-electron chi connectivity index (χ1n) is 7.62. The average molecular weight is 390 g/mol. The number of nitriles is 1. The van der Waals surface area contributed by atoms with E-state index in [4.69, 9.17) is 19.5 Å². The summed E-state index contributed by atoms with van der Waals surface area (Å²) >= 11 is 1.19. The molecule has 0 unspecified atom stereocenters. The van der Waals surface area contributed by atoms with Crippen molar-refractivity contribution in [2.45, 2.75) is 11.6 Å². The minimum atomic E-state index is -0.572. The molecule has 0 spiro atoms. The molecule has 2 rings (SSSR count). The van der Waals surface area contributed by atoms with Crippen molar-refractivity contribution >= 4 is 23.4 Å². The van der Waals surface area contributed by atoms with Crippen LogP contribution in [0.15, 0.2) is 28.3 Å². The number of carbonyl (C=O) groups is 1. The van der Waals surface area contributed by atoms with Gasteiger partial charge in [0.15, 0.2) is 11.5 Å². The number of nitrogens with zero attached hydrogens (tertiary/aromatic N) is 3. The van der Waals surface area contributed by atoms with E-state index in [1.54, 1.807) is 18.4 Å². The lowest BCUT2D eigenvalue weighted by molar-refractivity contribution is -0.116. The van der Waals surface area contributed by atoms with Gasteiger partial charge in [-0.15, -0.1) is 11.8 Å². The average Bonchev–Trinajstić information content (AvgIpc) is 2.68. The summed E-state index contributed by atoms with van der Waals surface area (Å²) in [6, 6.07) is 4.96. The lowest BCUT2D eigenvalue weighted by Gasteiger charge is -2.15. The molecule has 1 heterocycles. The van der Waals surface area contributed by atoms with Gasteiger partial charge >= 0.3 is 0 Å². The van der Waals surface area contributed by atoms with Crippen molar-refractivity contribution in [2.75, 3.05) is 32.9 Å². The Hall–Kier alpha value is -3.19. The summed E-state index contributed by atoms with van der Waals surface area (Å²) in [7, 11) is 4.40. The van der Waals surface area contributed by atoms with Crippen LogP contribution in [0, 0.1) is 11.3 Å². The normalized spacial score (nSPS) is 10.0. The maximum Gasteiger partial charge on any atom is 0.272 e. The van der Waals surface area contributed by atoms with Crippen LogP contribution in [0.1, 0.15) is 5.56 Å². The third-order valence-corrected chi connectivity index (χ3v) is 4.27. The second-order valence-corrected chi connectivity index (χ2v) is 5.93. The molecule has 0 radical (unpaired) electrons. The van der Waals surface area contributed by atoms with Gasteiger partial charge in [-0.25, -0.2) is 4.98 Å². The van der Waals surface area contributed by atoms with Crippen LogP contribution >= 0.6 is 11.8 Å². The Morgan fingerprint density at radius 2 is 1.89 bits per heavy atom. The van der Waals surface area contributed by atoms with Crippen LogP contribution in [0.3, 0.4) is 0 Å². The fourth-order valence-electron chi connectivity index (χ4n) is 2.35. The van der Waals surface area contributed by atoms with E-state index < -0.39 is 11.5 Å². The van der Waals surface area contributed by atoms with Gasteiger partial charge in [0.1, 0.15) is 23.2 Å². The maximum absolute atomic E-state index is 12.3. The second-order valence-electron chi connectivity index (χ2n) is 5.14. The standard InChI is InChI=1S/C17H18N4O5S/c1-24-12-5-10(6-13(25-2)15(12)26-3)20-14(22)8-21-9-19-16(27-4)11(7-18)17(21)23/h5-6,9H,8H2,1-4H3,(H,20,22). The molecular weight excluding hydrogens is 372 g/mol. The molecule has 142 valence electrons. The van der Waals surface area contributed by atoms with Crippen molar-refractivity contribution in [3.8, 4) is 23.3 Å². The lowest BCUT2D eigenvalue weighted by Crippen LogP contribution is -2.29. The van der Waals surface area contributed by atoms with E-state index in [0.717, 1.165) is 4.57 Å². The van der Waals surface area contributed by atoms with Crippen molar-refractivity contribution in [3.05, 3.63) is 34.4 Å². The molecule has 27 heavy (non-hydrogen) atoms. The van der Waals surface area contributed by atoms with Gasteiger partial charge in [-0.1, -0.05) is 0 Å². The highest BCUT2D eigenvalue weighted by Gasteiger charge is 2.16. The Balaban J connectivity index is 2.27. The Morgan fingerprint density at radius 1 is 1.26 bits per heavy atom. The molecule has 1 aromatic carbocycles. The number of rotatable bonds is 7. The van der Waals surface area contributed by atoms with E-state index >= 15 is 0 Å². The summed E-state index contributed by atoms with van der Waals surface area (Å²) in [5.41, 5.74) is -0.265. The number of anilines is 1. The molecule has 1 aromatic heterocycles. The maximum atomic E-state index is 12.3. The second kappa shape index (κ2) is 8.95. The minimum Gasteiger partial charge on any atom is -0.493 e. The largest absolute Gasteiger partial charge is 0.493 e. The first kappa shape index (κ1) is 20.1. The summed E-state index contributed by atoms with van der Waals surface area (Å²) in [6.45, 7) is -0.300. The van der Waals surface area contributed by atoms with Gasteiger partial charge in [-0.2, -0.15) is 5.26 Å². The third kappa shape index (κ3) is 4.32. The minimum absolute atomic E-state index is 0.0921. The van der Waals surface area contributed by atoms with E-state index in [0.29, 0.717) is 28.0 Å². The number of ether oxygens (including phenoxy) is 3. The van der Waals surface area contributed by atoms with Crippen molar-refractivity contribution in [2.24, 2.45) is 0 Å². The fraction of sp³-hybridized carbons (Fsp3) is 0.294. The number of hydrogen-bond acceptors (Lipinski definition) is 8. The zero-order valence-corrected chi connectivity index (χ0v) is 16.0. The van der Waals surface area contributed by atoms with Gasteiger partial charge in [-0.3, -0.25) is 14.2 Å². The molecule has 0 fully saturated rings. The molecule has 1 N–H and O–H groups in total. The Labute approximate surface area is 159 Å². The molecule has 0 aliphatic heterocycles. The topological polar surface area (TPSA) is 115 Å². The molecule has 2 aromatic rings. The number of benzene rings is 1. The van der Waals surface area contributed by atoms with Crippen LogP contribution in [0.4, 0.5) is 5.69 Å². The number of methoxy groups -OCH3 is 3. The number of carbonyl (C=O) groups excluding carboxylic acids is 1. The Bertz CT molecular complexity index is 926. The van der Waals surface area contributed by atoms with Crippen molar-refractivity contribution in [1.29, 1.82) is 5.26 Å². The van der Waals surface area contributed by atoms with Crippen LogP contribution < -0.4 is 25.1 Å². The van der Waals surface area contributed by atoms with Gasteiger partial charge in [0.2, 0.25) is 11.7 Å². The van der Waals surface area contributed by atoms with Crippen molar-refractivity contribution < 1.29 is 19.0 Å². The van der Waals surface area contributed by atoms with Gasteiger partial charge in [-0.05, 0) is 6.26 Å². The number of amides is 1. The first-order valence-corrected chi connectivity index (χ1v) is 8.84. The molecular formula is C17H18N4O5S. The number of nitrogens with one attached hydrogen (secondary N) is 1. The van der Waals surface area contributed by atoms with Crippen LogP contribution in [0.5, 0.6) is 17.2 Å². The molecule has 9 nitrogen and oxygen atoms in total. The fourth-order valence-corrected chi connectivity index (χ4v) is 2.84. The quantitative estimate of drug-likeness (QED) is 0.559. The molecule has 0 aliphatic rings. The third-order valence-electron chi connectivity index (χ3n) is 3.57. The Morgan fingerprint density at radius 3 is 2.37 bits per heavy atom. The van der Waals surface area contributed by atoms with Crippen LogP contribution in [0.25, 0.3) is 0 Å². The predicted octanol–water partition coefficient (Wildman–Crippen LogP) is 1.50. The SMILES string of the molecule is COc1cc(NC(=O)Cn2cnc(SC)c(C#N)c2=O)cc(OC)c1OC. The molecule has 0 atom stereocenters. The highest BCUT2D eigenvalue weighted by atomic mass is 32.2. The molecule has 10 heteroatoms. The highest BCUT2D eigenvalue weighted by molar-refractivity contribution is 7.98. The van der Waals surface area contributed by atoms with E-state index in [1.807, 2.05) is 6.07 Å². The van der Waals surface area contributed by atoms with E-state index in [-0.39, 0.29) is 12.1 Å². The van der Waals surface area contributed by atoms with E-state index in [2.05, 4.69) is 10.3 Å². The zero-order chi connectivity index (χ0) is 20.0. The summed E-state index contributed by atoms with van der Waals surface area (Å²) in [5.74, 6) is 0.669. The lowest BCUT2D eigenvalue weighted by atomic mass is 10.2. The van der Waals surface area contributed by atoms with Gasteiger partial charge in [0, 0.05) is 17.8 Å². The number of aromatic nitrogens is 2. The molecule has 0 aliphatic carbocycles. The monoisotopic (exact) mass is 390 g/mol. The molecule has 1 amide bonds.